The number of amides is 1. The molecule has 74 valence electrons. The molecule has 1 aliphatic heterocycles. The van der Waals surface area contributed by atoms with Gasteiger partial charge in [0.15, 0.2) is 0 Å². The van der Waals surface area contributed by atoms with Gasteiger partial charge >= 0.3 is 0 Å². The van der Waals surface area contributed by atoms with Gasteiger partial charge in [-0.1, -0.05) is 35.3 Å². The van der Waals surface area contributed by atoms with E-state index in [0.29, 0.717) is 21.3 Å². The maximum Gasteiger partial charge on any atom is 0.256 e. The number of hydrogen-bond donors (Lipinski definition) is 1. The van der Waals surface area contributed by atoms with Crippen molar-refractivity contribution in [1.29, 1.82) is 0 Å². The average molecular weight is 238 g/mol. The fraction of sp³-hybridized carbons (Fsp3) is 0. The van der Waals surface area contributed by atoms with Crippen LogP contribution in [0.4, 0.5) is 5.69 Å². The van der Waals surface area contributed by atoms with E-state index < -0.39 is 0 Å². The van der Waals surface area contributed by atoms with E-state index in [9.17, 15) is 4.79 Å². The zero-order valence-electron chi connectivity index (χ0n) is 7.47. The van der Waals surface area contributed by atoms with Gasteiger partial charge in [0.05, 0.1) is 15.7 Å². The van der Waals surface area contributed by atoms with Crippen molar-refractivity contribution in [2.24, 2.45) is 0 Å². The maximum absolute atomic E-state index is 11.6. The predicted octanol–water partition coefficient (Wildman–Crippen LogP) is 3.71. The molecule has 2 nitrogen and oxygen atoms in total. The van der Waals surface area contributed by atoms with Gasteiger partial charge in [0.25, 0.3) is 5.91 Å². The normalized spacial score (nSPS) is 13.3. The van der Waals surface area contributed by atoms with E-state index in [0.717, 1.165) is 10.8 Å². The van der Waals surface area contributed by atoms with Gasteiger partial charge in [0.1, 0.15) is 0 Å². The Kier molecular flexibility index (Phi) is 1.73. The van der Waals surface area contributed by atoms with Gasteiger partial charge < -0.3 is 5.32 Å². The molecule has 3 rings (SSSR count). The highest BCUT2D eigenvalue weighted by Crippen LogP contribution is 2.41. The van der Waals surface area contributed by atoms with E-state index in [1.807, 2.05) is 12.1 Å². The molecule has 1 heterocycles. The van der Waals surface area contributed by atoms with Crippen LogP contribution in [0.5, 0.6) is 0 Å². The minimum absolute atomic E-state index is 0.125. The molecule has 1 N–H and O–H groups in total. The zero-order chi connectivity index (χ0) is 10.6. The summed E-state index contributed by atoms with van der Waals surface area (Å²) in [6.45, 7) is 0. The van der Waals surface area contributed by atoms with Crippen molar-refractivity contribution in [2.45, 2.75) is 0 Å². The third kappa shape index (κ3) is 1.09. The summed E-state index contributed by atoms with van der Waals surface area (Å²) in [5.41, 5.74) is 1.29. The third-order valence-electron chi connectivity index (χ3n) is 2.55. The minimum atomic E-state index is -0.125. The molecule has 0 atom stereocenters. The highest BCUT2D eigenvalue weighted by atomic mass is 35.5. The Hall–Kier alpha value is -1.25. The number of halogens is 2. The lowest BCUT2D eigenvalue weighted by atomic mass is 10.1. The van der Waals surface area contributed by atoms with E-state index in [1.54, 1.807) is 12.1 Å². The van der Waals surface area contributed by atoms with Gasteiger partial charge in [-0.3, -0.25) is 4.79 Å². The molecule has 0 spiro atoms. The van der Waals surface area contributed by atoms with Gasteiger partial charge in [-0.25, -0.2) is 0 Å². The summed E-state index contributed by atoms with van der Waals surface area (Å²) in [6, 6.07) is 7.10. The van der Waals surface area contributed by atoms with E-state index >= 15 is 0 Å². The molecule has 0 bridgehead atoms. The molecule has 0 saturated heterocycles. The van der Waals surface area contributed by atoms with Crippen LogP contribution in [0.15, 0.2) is 24.3 Å². The lowest BCUT2D eigenvalue weighted by molar-refractivity contribution is 0.103. The molecule has 1 amide bonds. The van der Waals surface area contributed by atoms with Crippen LogP contribution in [0.25, 0.3) is 10.8 Å². The smallest absolute Gasteiger partial charge is 0.256 e. The molecule has 0 aromatic heterocycles. The van der Waals surface area contributed by atoms with Crippen LogP contribution < -0.4 is 5.32 Å². The largest absolute Gasteiger partial charge is 0.320 e. The highest BCUT2D eigenvalue weighted by Gasteiger charge is 2.24. The van der Waals surface area contributed by atoms with Crippen LogP contribution in [-0.2, 0) is 0 Å². The summed E-state index contributed by atoms with van der Waals surface area (Å²) in [5.74, 6) is -0.125. The summed E-state index contributed by atoms with van der Waals surface area (Å²) in [7, 11) is 0. The molecule has 2 aromatic rings. The summed E-state index contributed by atoms with van der Waals surface area (Å²) in [5, 5.41) is 5.45. The quantitative estimate of drug-likeness (QED) is 0.744. The Morgan fingerprint density at radius 2 is 1.93 bits per heavy atom. The van der Waals surface area contributed by atoms with Gasteiger partial charge in [-0.2, -0.15) is 0 Å². The summed E-state index contributed by atoms with van der Waals surface area (Å²) < 4.78 is 0. The van der Waals surface area contributed by atoms with Crippen molar-refractivity contribution in [1.82, 2.24) is 0 Å². The molecule has 0 unspecified atom stereocenters. The Balaban J connectivity index is 2.60. The topological polar surface area (TPSA) is 29.1 Å². The van der Waals surface area contributed by atoms with Gasteiger partial charge in [-0.15, -0.1) is 0 Å². The number of hydrogen-bond acceptors (Lipinski definition) is 1. The Labute approximate surface area is 95.8 Å². The van der Waals surface area contributed by atoms with E-state index in [-0.39, 0.29) is 5.91 Å². The summed E-state index contributed by atoms with van der Waals surface area (Å²) in [4.78, 5) is 11.6. The van der Waals surface area contributed by atoms with Crippen LogP contribution >= 0.6 is 23.2 Å². The lowest BCUT2D eigenvalue weighted by Gasteiger charge is -2.04. The monoisotopic (exact) mass is 237 g/mol. The Morgan fingerprint density at radius 3 is 2.73 bits per heavy atom. The van der Waals surface area contributed by atoms with Gasteiger partial charge in [-0.05, 0) is 12.1 Å². The Morgan fingerprint density at radius 1 is 1.13 bits per heavy atom. The van der Waals surface area contributed by atoms with Crippen molar-refractivity contribution >= 4 is 45.6 Å². The van der Waals surface area contributed by atoms with Crippen molar-refractivity contribution in [3.8, 4) is 0 Å². The molecule has 0 aliphatic carbocycles. The van der Waals surface area contributed by atoms with E-state index in [4.69, 9.17) is 23.2 Å². The Bertz CT molecular complexity index is 607. The first-order valence-electron chi connectivity index (χ1n) is 4.40. The number of carbonyl (C=O) groups is 1. The molecule has 2 aromatic carbocycles. The van der Waals surface area contributed by atoms with Crippen LogP contribution in [0.1, 0.15) is 10.4 Å². The second kappa shape index (κ2) is 2.87. The third-order valence-corrected chi connectivity index (χ3v) is 3.16. The van der Waals surface area contributed by atoms with Gasteiger partial charge in [0, 0.05) is 16.3 Å². The van der Waals surface area contributed by atoms with Crippen LogP contribution in [-0.4, -0.2) is 5.91 Å². The number of anilines is 1. The molecular weight excluding hydrogens is 233 g/mol. The molecule has 0 fully saturated rings. The summed E-state index contributed by atoms with van der Waals surface area (Å²) in [6.07, 6.45) is 0. The van der Waals surface area contributed by atoms with Crippen molar-refractivity contribution in [3.05, 3.63) is 39.9 Å². The van der Waals surface area contributed by atoms with Crippen molar-refractivity contribution < 1.29 is 4.79 Å². The standard InChI is InChI=1S/C11H5Cl2NO/c12-7-4-8(13)10-9-5(7)2-1-3-6(9)11(15)14-10/h1-4H,(H,14,15). The molecular formula is C11H5Cl2NO. The average Bonchev–Trinajstić information content (AvgIpc) is 2.55. The molecule has 0 saturated carbocycles. The second-order valence-corrected chi connectivity index (χ2v) is 4.21. The zero-order valence-corrected chi connectivity index (χ0v) is 8.99. The number of rotatable bonds is 0. The second-order valence-electron chi connectivity index (χ2n) is 3.40. The first-order chi connectivity index (χ1) is 7.18. The lowest BCUT2D eigenvalue weighted by Crippen LogP contribution is -2.03. The van der Waals surface area contributed by atoms with Gasteiger partial charge in [0.2, 0.25) is 0 Å². The van der Waals surface area contributed by atoms with E-state index in [2.05, 4.69) is 5.32 Å². The molecule has 4 heteroatoms. The van der Waals surface area contributed by atoms with Crippen LogP contribution in [0.2, 0.25) is 10.0 Å². The first kappa shape index (κ1) is 9.01. The highest BCUT2D eigenvalue weighted by molar-refractivity contribution is 6.44. The van der Waals surface area contributed by atoms with Crippen LogP contribution in [0.3, 0.4) is 0 Å². The maximum atomic E-state index is 11.6. The number of nitrogens with one attached hydrogen (secondary N) is 1. The molecule has 1 aliphatic rings. The summed E-state index contributed by atoms with van der Waals surface area (Å²) >= 11 is 12.1. The van der Waals surface area contributed by atoms with E-state index in [1.165, 1.54) is 0 Å². The van der Waals surface area contributed by atoms with Crippen molar-refractivity contribution in [3.63, 3.8) is 0 Å². The number of benzene rings is 2. The minimum Gasteiger partial charge on any atom is -0.320 e. The van der Waals surface area contributed by atoms with Crippen molar-refractivity contribution in [2.75, 3.05) is 5.32 Å². The predicted molar refractivity (Wildman–Crippen MR) is 61.9 cm³/mol. The number of carbonyl (C=O) groups excluding carboxylic acids is 1. The fourth-order valence-electron chi connectivity index (χ4n) is 1.89. The first-order valence-corrected chi connectivity index (χ1v) is 5.16. The SMILES string of the molecule is O=C1Nc2c(Cl)cc(Cl)c3cccc1c23. The van der Waals surface area contributed by atoms with Crippen LogP contribution in [0, 0.1) is 0 Å². The fourth-order valence-corrected chi connectivity index (χ4v) is 2.47. The molecule has 15 heavy (non-hydrogen) atoms. The molecule has 0 radical (unpaired) electrons.